The lowest BCUT2D eigenvalue weighted by molar-refractivity contribution is -0.128. The van der Waals surface area contributed by atoms with E-state index in [1.165, 1.54) is 5.56 Å². The molecule has 3 aromatic rings. The minimum Gasteiger partial charge on any atom is -0.497 e. The first-order chi connectivity index (χ1) is 13.1. The normalized spacial score (nSPS) is 16.7. The largest absolute Gasteiger partial charge is 0.497 e. The smallest absolute Gasteiger partial charge is 0.232 e. The van der Waals surface area contributed by atoms with E-state index in [1.54, 1.807) is 7.11 Å². The maximum atomic E-state index is 12.4. The van der Waals surface area contributed by atoms with Crippen molar-refractivity contribution in [1.29, 1.82) is 0 Å². The fourth-order valence-corrected chi connectivity index (χ4v) is 3.30. The van der Waals surface area contributed by atoms with E-state index in [0.717, 1.165) is 16.9 Å². The molecule has 1 aromatic heterocycles. The second kappa shape index (κ2) is 7.23. The molecule has 4 rings (SSSR count). The zero-order chi connectivity index (χ0) is 18.8. The molecule has 1 atom stereocenters. The van der Waals surface area contributed by atoms with Crippen molar-refractivity contribution < 1.29 is 14.1 Å². The van der Waals surface area contributed by atoms with Crippen LogP contribution in [0.4, 0.5) is 0 Å². The summed E-state index contributed by atoms with van der Waals surface area (Å²) in [7, 11) is 1.64. The second-order valence-electron chi connectivity index (χ2n) is 6.85. The van der Waals surface area contributed by atoms with E-state index >= 15 is 0 Å². The van der Waals surface area contributed by atoms with Gasteiger partial charge in [-0.05, 0) is 24.6 Å². The number of nitrogens with zero attached hydrogens (tertiary/aromatic N) is 3. The van der Waals surface area contributed by atoms with Crippen molar-refractivity contribution in [2.45, 2.75) is 25.8 Å². The standard InChI is InChI=1S/C21H21N3O3/c1-14-6-8-16(9-7-14)20-22-21(27-23-20)17-11-19(25)24(13-17)12-15-4-3-5-18(10-15)26-2/h3-10,17H,11-13H2,1-2H3. The third kappa shape index (κ3) is 3.69. The van der Waals surface area contributed by atoms with Gasteiger partial charge in [0.15, 0.2) is 0 Å². The van der Waals surface area contributed by atoms with Crippen LogP contribution in [-0.2, 0) is 11.3 Å². The maximum absolute atomic E-state index is 12.4. The van der Waals surface area contributed by atoms with Gasteiger partial charge >= 0.3 is 0 Å². The van der Waals surface area contributed by atoms with Gasteiger partial charge in [-0.3, -0.25) is 4.79 Å². The minimum atomic E-state index is -0.0743. The van der Waals surface area contributed by atoms with Crippen molar-refractivity contribution in [3.05, 3.63) is 65.5 Å². The Kier molecular flexibility index (Phi) is 4.62. The second-order valence-corrected chi connectivity index (χ2v) is 6.85. The van der Waals surface area contributed by atoms with Crippen LogP contribution >= 0.6 is 0 Å². The lowest BCUT2D eigenvalue weighted by Gasteiger charge is -2.16. The van der Waals surface area contributed by atoms with Crippen LogP contribution in [0.3, 0.4) is 0 Å². The van der Waals surface area contributed by atoms with Crippen molar-refractivity contribution in [2.24, 2.45) is 0 Å². The molecule has 0 aliphatic carbocycles. The highest BCUT2D eigenvalue weighted by Gasteiger charge is 2.34. The zero-order valence-electron chi connectivity index (χ0n) is 15.4. The molecule has 1 amide bonds. The quantitative estimate of drug-likeness (QED) is 0.693. The van der Waals surface area contributed by atoms with Crippen molar-refractivity contribution in [3.8, 4) is 17.1 Å². The first kappa shape index (κ1) is 17.3. The maximum Gasteiger partial charge on any atom is 0.232 e. The summed E-state index contributed by atoms with van der Waals surface area (Å²) in [6.07, 6.45) is 0.388. The van der Waals surface area contributed by atoms with E-state index in [-0.39, 0.29) is 11.8 Å². The highest BCUT2D eigenvalue weighted by molar-refractivity contribution is 5.79. The number of hydrogen-bond donors (Lipinski definition) is 0. The van der Waals surface area contributed by atoms with Crippen molar-refractivity contribution in [3.63, 3.8) is 0 Å². The molecule has 27 heavy (non-hydrogen) atoms. The van der Waals surface area contributed by atoms with Gasteiger partial charge in [-0.1, -0.05) is 47.1 Å². The zero-order valence-corrected chi connectivity index (χ0v) is 15.4. The molecule has 1 fully saturated rings. The van der Waals surface area contributed by atoms with Crippen LogP contribution in [0.1, 0.15) is 29.4 Å². The number of aromatic nitrogens is 2. The van der Waals surface area contributed by atoms with Gasteiger partial charge in [0.1, 0.15) is 5.75 Å². The Hall–Kier alpha value is -3.15. The fourth-order valence-electron chi connectivity index (χ4n) is 3.30. The molecule has 6 nitrogen and oxygen atoms in total. The van der Waals surface area contributed by atoms with E-state index < -0.39 is 0 Å². The van der Waals surface area contributed by atoms with Gasteiger partial charge in [0.05, 0.1) is 13.0 Å². The van der Waals surface area contributed by atoms with Gasteiger partial charge in [-0.15, -0.1) is 0 Å². The Balaban J connectivity index is 1.46. The van der Waals surface area contributed by atoms with Crippen molar-refractivity contribution in [1.82, 2.24) is 15.0 Å². The molecule has 1 saturated heterocycles. The number of likely N-dealkylation sites (tertiary alicyclic amines) is 1. The van der Waals surface area contributed by atoms with Gasteiger partial charge in [0, 0.05) is 25.1 Å². The molecule has 0 saturated carbocycles. The number of benzene rings is 2. The highest BCUT2D eigenvalue weighted by Crippen LogP contribution is 2.30. The van der Waals surface area contributed by atoms with Crippen LogP contribution in [0.25, 0.3) is 11.4 Å². The summed E-state index contributed by atoms with van der Waals surface area (Å²) in [6.45, 7) is 3.16. The molecule has 0 bridgehead atoms. The van der Waals surface area contributed by atoms with Gasteiger partial charge in [0.25, 0.3) is 0 Å². The van der Waals surface area contributed by atoms with Gasteiger partial charge in [-0.2, -0.15) is 4.98 Å². The lowest BCUT2D eigenvalue weighted by Crippen LogP contribution is -2.24. The molecule has 0 N–H and O–H groups in total. The summed E-state index contributed by atoms with van der Waals surface area (Å²) >= 11 is 0. The van der Waals surface area contributed by atoms with E-state index in [2.05, 4.69) is 10.1 Å². The monoisotopic (exact) mass is 363 g/mol. The first-order valence-electron chi connectivity index (χ1n) is 8.94. The summed E-state index contributed by atoms with van der Waals surface area (Å²) in [5.41, 5.74) is 3.12. The van der Waals surface area contributed by atoms with Crippen molar-refractivity contribution >= 4 is 5.91 Å². The third-order valence-electron chi connectivity index (χ3n) is 4.82. The molecule has 1 aliphatic heterocycles. The Bertz CT molecular complexity index is 949. The lowest BCUT2D eigenvalue weighted by atomic mass is 10.1. The highest BCUT2D eigenvalue weighted by atomic mass is 16.5. The van der Waals surface area contributed by atoms with E-state index in [4.69, 9.17) is 9.26 Å². The summed E-state index contributed by atoms with van der Waals surface area (Å²) < 4.78 is 10.7. The van der Waals surface area contributed by atoms with Gasteiger partial charge in [0.2, 0.25) is 17.6 Å². The number of ether oxygens (including phenoxy) is 1. The predicted molar refractivity (Wildman–Crippen MR) is 100 cm³/mol. The fraction of sp³-hybridized carbons (Fsp3) is 0.286. The number of methoxy groups -OCH3 is 1. The molecule has 138 valence electrons. The van der Waals surface area contributed by atoms with Gasteiger partial charge < -0.3 is 14.2 Å². The molecule has 2 aromatic carbocycles. The topological polar surface area (TPSA) is 68.5 Å². The molecular formula is C21H21N3O3. The molecule has 1 unspecified atom stereocenters. The predicted octanol–water partition coefficient (Wildman–Crippen LogP) is 3.57. The Morgan fingerprint density at radius 1 is 1.22 bits per heavy atom. The summed E-state index contributed by atoms with van der Waals surface area (Å²) in [4.78, 5) is 18.8. The Labute approximate surface area is 157 Å². The van der Waals surface area contributed by atoms with E-state index in [1.807, 2.05) is 60.4 Å². The van der Waals surface area contributed by atoms with E-state index in [0.29, 0.717) is 31.2 Å². The van der Waals surface area contributed by atoms with Gasteiger partial charge in [-0.25, -0.2) is 0 Å². The molecule has 1 aliphatic rings. The van der Waals surface area contributed by atoms with Crippen LogP contribution in [0.2, 0.25) is 0 Å². The number of aryl methyl sites for hydroxylation is 1. The summed E-state index contributed by atoms with van der Waals surface area (Å²) in [5.74, 6) is 1.89. The Morgan fingerprint density at radius 2 is 2.04 bits per heavy atom. The average molecular weight is 363 g/mol. The van der Waals surface area contributed by atoms with Crippen LogP contribution in [0.5, 0.6) is 5.75 Å². The first-order valence-corrected chi connectivity index (χ1v) is 8.94. The van der Waals surface area contributed by atoms with Crippen molar-refractivity contribution in [2.75, 3.05) is 13.7 Å². The van der Waals surface area contributed by atoms with Crippen LogP contribution in [0, 0.1) is 6.92 Å². The minimum absolute atomic E-state index is 0.0743. The average Bonchev–Trinajstić information content (AvgIpc) is 3.30. The molecular weight excluding hydrogens is 342 g/mol. The molecule has 6 heteroatoms. The number of carbonyl (C=O) groups excluding carboxylic acids is 1. The number of amides is 1. The summed E-state index contributed by atoms with van der Waals surface area (Å²) in [5, 5.41) is 4.08. The number of carbonyl (C=O) groups is 1. The van der Waals surface area contributed by atoms with Crippen LogP contribution in [-0.4, -0.2) is 34.6 Å². The SMILES string of the molecule is COc1cccc(CN2CC(c3nc(-c4ccc(C)cc4)no3)CC2=O)c1. The Morgan fingerprint density at radius 3 is 2.81 bits per heavy atom. The van der Waals surface area contributed by atoms with Crippen LogP contribution < -0.4 is 4.74 Å². The molecule has 2 heterocycles. The third-order valence-corrected chi connectivity index (χ3v) is 4.82. The summed E-state index contributed by atoms with van der Waals surface area (Å²) in [6, 6.07) is 15.7. The van der Waals surface area contributed by atoms with Crippen LogP contribution in [0.15, 0.2) is 53.1 Å². The molecule has 0 spiro atoms. The number of hydrogen-bond acceptors (Lipinski definition) is 5. The molecule has 0 radical (unpaired) electrons. The van der Waals surface area contributed by atoms with E-state index in [9.17, 15) is 4.79 Å². The number of rotatable bonds is 5.